The van der Waals surface area contributed by atoms with Gasteiger partial charge in [-0.25, -0.2) is 4.98 Å². The van der Waals surface area contributed by atoms with Gasteiger partial charge in [0.15, 0.2) is 0 Å². The lowest BCUT2D eigenvalue weighted by atomic mass is 10.2. The molecule has 6 heteroatoms. The van der Waals surface area contributed by atoms with Crippen LogP contribution in [0.5, 0.6) is 0 Å². The normalized spacial score (nSPS) is 8.85. The van der Waals surface area contributed by atoms with Crippen molar-refractivity contribution in [1.29, 1.82) is 10.5 Å². The van der Waals surface area contributed by atoms with E-state index < -0.39 is 0 Å². The number of aromatic amines is 1. The molecule has 0 fully saturated rings. The predicted octanol–water partition coefficient (Wildman–Crippen LogP) is 2.47. The van der Waals surface area contributed by atoms with Crippen LogP contribution in [0.2, 0.25) is 5.15 Å². The van der Waals surface area contributed by atoms with Crippen LogP contribution in [0.25, 0.3) is 0 Å². The van der Waals surface area contributed by atoms with Gasteiger partial charge in [-0.3, -0.25) is 4.79 Å². The van der Waals surface area contributed by atoms with Crippen molar-refractivity contribution in [3.8, 4) is 12.1 Å². The largest absolute Gasteiger partial charge is 0.325 e. The summed E-state index contributed by atoms with van der Waals surface area (Å²) in [4.78, 5) is 17.0. The molecule has 0 aliphatic rings. The van der Waals surface area contributed by atoms with Crippen LogP contribution in [0.1, 0.15) is 22.5 Å². The topological polar surface area (TPSA) is 93.3 Å². The molecule has 0 amide bonds. The Morgan fingerprint density at radius 2 is 1.70 bits per heavy atom. The molecule has 20 heavy (non-hydrogen) atoms. The summed E-state index contributed by atoms with van der Waals surface area (Å²) in [5.74, 6) is 0. The fourth-order valence-electron chi connectivity index (χ4n) is 1.35. The zero-order valence-corrected chi connectivity index (χ0v) is 11.7. The maximum Gasteiger partial charge on any atom is 0.248 e. The van der Waals surface area contributed by atoms with Gasteiger partial charge in [0, 0.05) is 11.8 Å². The standard InChI is InChI=1S/C7H5ClN2.C7H6N2O/c1-5-6(4-9)2-3-7(8)10-5;1-5-6(4-8)2-3-7(10)9-5/h2-3H,1H3;2-3H,1H3,(H,9,10). The number of rotatable bonds is 0. The Morgan fingerprint density at radius 1 is 1.10 bits per heavy atom. The quantitative estimate of drug-likeness (QED) is 0.753. The number of H-pyrrole nitrogens is 1. The smallest absolute Gasteiger partial charge is 0.248 e. The second kappa shape index (κ2) is 7.08. The van der Waals surface area contributed by atoms with E-state index in [4.69, 9.17) is 22.1 Å². The maximum absolute atomic E-state index is 10.6. The van der Waals surface area contributed by atoms with Crippen LogP contribution in [0.4, 0.5) is 0 Å². The van der Waals surface area contributed by atoms with Crippen molar-refractivity contribution in [2.75, 3.05) is 0 Å². The second-order valence-electron chi connectivity index (χ2n) is 3.85. The van der Waals surface area contributed by atoms with Crippen molar-refractivity contribution in [2.24, 2.45) is 0 Å². The molecule has 2 heterocycles. The number of nitrogens with one attached hydrogen (secondary N) is 1. The Balaban J connectivity index is 0.000000200. The molecule has 5 nitrogen and oxygen atoms in total. The number of hydrogen-bond donors (Lipinski definition) is 1. The van der Waals surface area contributed by atoms with Gasteiger partial charge >= 0.3 is 0 Å². The van der Waals surface area contributed by atoms with Crippen LogP contribution in [-0.4, -0.2) is 9.97 Å². The number of nitriles is 2. The van der Waals surface area contributed by atoms with Gasteiger partial charge in [0.1, 0.15) is 17.3 Å². The number of hydrogen-bond acceptors (Lipinski definition) is 4. The first kappa shape index (κ1) is 15.4. The molecule has 0 spiro atoms. The molecule has 0 bridgehead atoms. The van der Waals surface area contributed by atoms with E-state index >= 15 is 0 Å². The molecule has 2 aromatic rings. The highest BCUT2D eigenvalue weighted by Gasteiger charge is 1.97. The lowest BCUT2D eigenvalue weighted by Crippen LogP contribution is -2.05. The Hall–Kier alpha value is -2.63. The van der Waals surface area contributed by atoms with Gasteiger partial charge in [-0.1, -0.05) is 11.6 Å². The first-order valence-electron chi connectivity index (χ1n) is 5.61. The molecule has 0 aliphatic carbocycles. The van der Waals surface area contributed by atoms with Gasteiger partial charge in [0.25, 0.3) is 0 Å². The monoisotopic (exact) mass is 286 g/mol. The summed E-state index contributed by atoms with van der Waals surface area (Å²) in [6.45, 7) is 3.45. The summed E-state index contributed by atoms with van der Waals surface area (Å²) in [5, 5.41) is 17.3. The zero-order valence-electron chi connectivity index (χ0n) is 10.9. The van der Waals surface area contributed by atoms with E-state index in [9.17, 15) is 4.79 Å². The van der Waals surface area contributed by atoms with E-state index in [0.717, 1.165) is 0 Å². The molecular formula is C14H11ClN4O. The van der Waals surface area contributed by atoms with Gasteiger partial charge in [0.05, 0.1) is 16.8 Å². The van der Waals surface area contributed by atoms with Crippen molar-refractivity contribution in [3.63, 3.8) is 0 Å². The van der Waals surface area contributed by atoms with E-state index in [2.05, 4.69) is 9.97 Å². The lowest BCUT2D eigenvalue weighted by molar-refractivity contribution is 1.13. The van der Waals surface area contributed by atoms with E-state index in [1.165, 1.54) is 12.1 Å². The molecule has 0 saturated carbocycles. The summed E-state index contributed by atoms with van der Waals surface area (Å²) < 4.78 is 0. The zero-order chi connectivity index (χ0) is 15.1. The predicted molar refractivity (Wildman–Crippen MR) is 75.2 cm³/mol. The second-order valence-corrected chi connectivity index (χ2v) is 4.24. The molecule has 2 rings (SSSR count). The van der Waals surface area contributed by atoms with Crippen LogP contribution < -0.4 is 5.56 Å². The third kappa shape index (κ3) is 4.24. The van der Waals surface area contributed by atoms with Gasteiger partial charge < -0.3 is 4.98 Å². The van der Waals surface area contributed by atoms with Crippen LogP contribution in [0.15, 0.2) is 29.1 Å². The number of aromatic nitrogens is 2. The van der Waals surface area contributed by atoms with E-state index in [-0.39, 0.29) is 5.56 Å². The Bertz CT molecular complexity index is 753. The third-order valence-corrected chi connectivity index (χ3v) is 2.62. The van der Waals surface area contributed by atoms with Gasteiger partial charge in [0.2, 0.25) is 5.56 Å². The van der Waals surface area contributed by atoms with E-state index in [1.807, 2.05) is 12.1 Å². The van der Waals surface area contributed by atoms with E-state index in [1.54, 1.807) is 26.0 Å². The van der Waals surface area contributed by atoms with Crippen LogP contribution >= 0.6 is 11.6 Å². The minimum absolute atomic E-state index is 0.170. The maximum atomic E-state index is 10.6. The van der Waals surface area contributed by atoms with Crippen LogP contribution in [-0.2, 0) is 0 Å². The minimum atomic E-state index is -0.170. The average molecular weight is 287 g/mol. The molecule has 1 N–H and O–H groups in total. The molecular weight excluding hydrogens is 276 g/mol. The molecule has 0 aliphatic heterocycles. The fourth-order valence-corrected chi connectivity index (χ4v) is 1.54. The highest BCUT2D eigenvalue weighted by molar-refractivity contribution is 6.29. The molecule has 2 aromatic heterocycles. The lowest BCUT2D eigenvalue weighted by Gasteiger charge is -1.93. The summed E-state index contributed by atoms with van der Waals surface area (Å²) in [6, 6.07) is 10.1. The molecule has 0 saturated heterocycles. The van der Waals surface area contributed by atoms with E-state index in [0.29, 0.717) is 27.7 Å². The number of nitrogens with zero attached hydrogens (tertiary/aromatic N) is 3. The third-order valence-electron chi connectivity index (χ3n) is 2.41. The highest BCUT2D eigenvalue weighted by atomic mass is 35.5. The Morgan fingerprint density at radius 3 is 2.20 bits per heavy atom. The first-order chi connectivity index (χ1) is 9.47. The molecule has 0 atom stereocenters. The van der Waals surface area contributed by atoms with Gasteiger partial charge in [-0.2, -0.15) is 10.5 Å². The van der Waals surface area contributed by atoms with Gasteiger partial charge in [-0.15, -0.1) is 0 Å². The van der Waals surface area contributed by atoms with Crippen molar-refractivity contribution in [3.05, 3.63) is 62.3 Å². The highest BCUT2D eigenvalue weighted by Crippen LogP contribution is 2.08. The Kier molecular flexibility index (Phi) is 5.46. The molecule has 0 aromatic carbocycles. The molecule has 0 unspecified atom stereocenters. The van der Waals surface area contributed by atoms with Crippen molar-refractivity contribution >= 4 is 11.6 Å². The number of pyridine rings is 2. The SMILES string of the molecule is Cc1[nH]c(=O)ccc1C#N.Cc1nc(Cl)ccc1C#N. The number of halogens is 1. The minimum Gasteiger partial charge on any atom is -0.325 e. The summed E-state index contributed by atoms with van der Waals surface area (Å²) >= 11 is 5.55. The van der Waals surface area contributed by atoms with Gasteiger partial charge in [-0.05, 0) is 32.0 Å². The summed E-state index contributed by atoms with van der Waals surface area (Å²) in [6.07, 6.45) is 0. The average Bonchev–Trinajstić information content (AvgIpc) is 2.40. The molecule has 100 valence electrons. The van der Waals surface area contributed by atoms with Crippen LogP contribution in [0, 0.1) is 36.5 Å². The van der Waals surface area contributed by atoms with Crippen molar-refractivity contribution in [1.82, 2.24) is 9.97 Å². The van der Waals surface area contributed by atoms with Crippen molar-refractivity contribution in [2.45, 2.75) is 13.8 Å². The Labute approximate surface area is 121 Å². The summed E-state index contributed by atoms with van der Waals surface area (Å²) in [7, 11) is 0. The van der Waals surface area contributed by atoms with Crippen molar-refractivity contribution < 1.29 is 0 Å². The fraction of sp³-hybridized carbons (Fsp3) is 0.143. The molecule has 0 radical (unpaired) electrons. The van der Waals surface area contributed by atoms with Crippen LogP contribution in [0.3, 0.4) is 0 Å². The first-order valence-corrected chi connectivity index (χ1v) is 5.99. The summed E-state index contributed by atoms with van der Waals surface area (Å²) in [5.41, 5.74) is 2.21. The number of aryl methyl sites for hydroxylation is 2.